The molecule has 0 radical (unpaired) electrons. The number of unbranched alkanes of at least 4 members (excludes halogenated alkanes) is 31. The molecular weight excluding hydrogens is 544 g/mol. The average molecular weight is 631 g/mol. The van der Waals surface area contributed by atoms with Crippen LogP contribution in [0, 0.1) is 0 Å². The second-order valence-electron chi connectivity index (χ2n) is 15.0. The Bertz CT molecular complexity index is 586. The molecule has 0 saturated heterocycles. The molecule has 1 atom stereocenters. The van der Waals surface area contributed by atoms with E-state index < -0.39 is 0 Å². The molecule has 1 aliphatic heterocycles. The van der Waals surface area contributed by atoms with Gasteiger partial charge in [-0.1, -0.05) is 220 Å². The highest BCUT2D eigenvalue weighted by molar-refractivity contribution is 4.97. The molecule has 268 valence electrons. The van der Waals surface area contributed by atoms with Gasteiger partial charge in [0.2, 0.25) is 0 Å². The minimum atomic E-state index is 0.638. The fraction of sp³-hybridized carbons (Fsp3) is 0.953. The van der Waals surface area contributed by atoms with Crippen molar-refractivity contribution in [3.8, 4) is 0 Å². The second-order valence-corrected chi connectivity index (χ2v) is 15.0. The van der Waals surface area contributed by atoms with Crippen molar-refractivity contribution in [3.05, 3.63) is 12.4 Å². The molecule has 0 saturated carbocycles. The molecule has 1 unspecified atom stereocenters. The van der Waals surface area contributed by atoms with Crippen molar-refractivity contribution in [2.75, 3.05) is 13.1 Å². The number of nitrogens with zero attached hydrogens (tertiary/aromatic N) is 2. The molecule has 1 heterocycles. The van der Waals surface area contributed by atoms with Crippen LogP contribution >= 0.6 is 0 Å². The molecule has 1 rings (SSSR count). The van der Waals surface area contributed by atoms with Crippen LogP contribution in [0.1, 0.15) is 245 Å². The van der Waals surface area contributed by atoms with Crippen LogP contribution in [0.2, 0.25) is 0 Å². The molecule has 1 aliphatic rings. The van der Waals surface area contributed by atoms with E-state index in [0.29, 0.717) is 6.17 Å². The highest BCUT2D eigenvalue weighted by Crippen LogP contribution is 2.24. The van der Waals surface area contributed by atoms with Gasteiger partial charge in [-0.05, 0) is 25.7 Å². The lowest BCUT2D eigenvalue weighted by atomic mass is 10.0. The molecule has 2 heteroatoms. The van der Waals surface area contributed by atoms with Crippen molar-refractivity contribution >= 4 is 0 Å². The predicted molar refractivity (Wildman–Crippen MR) is 205 cm³/mol. The third-order valence-electron chi connectivity index (χ3n) is 10.6. The first kappa shape index (κ1) is 42.4. The van der Waals surface area contributed by atoms with E-state index in [1.165, 1.54) is 238 Å². The van der Waals surface area contributed by atoms with E-state index in [0.717, 1.165) is 0 Å². The SMILES string of the molecule is CCCCCCCCCCCCCCCC1N(CCCCCCCCCCC)C=CN1CCCCCCCCCCCCCC. The van der Waals surface area contributed by atoms with E-state index in [4.69, 9.17) is 0 Å². The van der Waals surface area contributed by atoms with E-state index in [2.05, 4.69) is 43.0 Å². The van der Waals surface area contributed by atoms with Crippen LogP contribution in [0.25, 0.3) is 0 Å². The average Bonchev–Trinajstić information content (AvgIpc) is 3.43. The predicted octanol–water partition coefficient (Wildman–Crippen LogP) is 15.1. The van der Waals surface area contributed by atoms with E-state index in [9.17, 15) is 0 Å². The summed E-state index contributed by atoms with van der Waals surface area (Å²) in [7, 11) is 0. The van der Waals surface area contributed by atoms with E-state index in [-0.39, 0.29) is 0 Å². The summed E-state index contributed by atoms with van der Waals surface area (Å²) in [4.78, 5) is 5.45. The first-order chi connectivity index (χ1) is 22.3. The van der Waals surface area contributed by atoms with Crippen LogP contribution in [-0.4, -0.2) is 29.1 Å². The largest absolute Gasteiger partial charge is 0.356 e. The monoisotopic (exact) mass is 631 g/mol. The van der Waals surface area contributed by atoms with Gasteiger partial charge in [0.15, 0.2) is 0 Å². The standard InChI is InChI=1S/C43H86N2/c1-4-7-10-13-16-19-21-23-24-26-29-32-35-38-43-44(39-36-33-30-27-18-15-12-9-6-3)41-42-45(43)40-37-34-31-28-25-22-20-17-14-11-8-5-2/h41-43H,4-40H2,1-3H3. The molecule has 0 amide bonds. The van der Waals surface area contributed by atoms with E-state index in [1.54, 1.807) is 0 Å². The normalized spacial score (nSPS) is 14.8. The van der Waals surface area contributed by atoms with Gasteiger partial charge in [0.25, 0.3) is 0 Å². The van der Waals surface area contributed by atoms with Crippen LogP contribution in [0.5, 0.6) is 0 Å². The molecule has 0 aromatic carbocycles. The summed E-state index contributed by atoms with van der Waals surface area (Å²) in [6.45, 7) is 9.49. The third-order valence-corrected chi connectivity index (χ3v) is 10.6. The Hall–Kier alpha value is -0.660. The molecule has 0 N–H and O–H groups in total. The lowest BCUT2D eigenvalue weighted by Gasteiger charge is -2.33. The highest BCUT2D eigenvalue weighted by atomic mass is 15.4. The van der Waals surface area contributed by atoms with Gasteiger partial charge in [-0.25, -0.2) is 0 Å². The Morgan fingerprint density at radius 3 is 0.778 bits per heavy atom. The van der Waals surface area contributed by atoms with Crippen LogP contribution in [0.3, 0.4) is 0 Å². The summed E-state index contributed by atoms with van der Waals surface area (Å²) >= 11 is 0. The zero-order valence-electron chi connectivity index (χ0n) is 31.8. The molecule has 45 heavy (non-hydrogen) atoms. The second kappa shape index (κ2) is 34.7. The van der Waals surface area contributed by atoms with Crippen molar-refractivity contribution in [2.45, 2.75) is 252 Å². The van der Waals surface area contributed by atoms with Gasteiger partial charge >= 0.3 is 0 Å². The number of hydrogen-bond donors (Lipinski definition) is 0. The summed E-state index contributed by atoms with van der Waals surface area (Å²) < 4.78 is 0. The molecule has 0 fully saturated rings. The third kappa shape index (κ3) is 27.0. The van der Waals surface area contributed by atoms with Crippen molar-refractivity contribution in [3.63, 3.8) is 0 Å². The summed E-state index contributed by atoms with van der Waals surface area (Å²) in [5.74, 6) is 0. The Balaban J connectivity index is 2.21. The quantitative estimate of drug-likeness (QED) is 0.0630. The fourth-order valence-electron chi connectivity index (χ4n) is 7.42. The Morgan fingerprint density at radius 2 is 0.511 bits per heavy atom. The highest BCUT2D eigenvalue weighted by Gasteiger charge is 2.24. The maximum Gasteiger partial charge on any atom is 0.101 e. The van der Waals surface area contributed by atoms with Crippen LogP contribution in [0.4, 0.5) is 0 Å². The summed E-state index contributed by atoms with van der Waals surface area (Å²) in [6.07, 6.45) is 55.9. The van der Waals surface area contributed by atoms with Crippen molar-refractivity contribution in [1.29, 1.82) is 0 Å². The van der Waals surface area contributed by atoms with Gasteiger partial charge in [0, 0.05) is 25.5 Å². The summed E-state index contributed by atoms with van der Waals surface area (Å²) in [5, 5.41) is 0. The van der Waals surface area contributed by atoms with Crippen molar-refractivity contribution in [2.24, 2.45) is 0 Å². The topological polar surface area (TPSA) is 6.48 Å². The van der Waals surface area contributed by atoms with Crippen molar-refractivity contribution in [1.82, 2.24) is 9.80 Å². The Kier molecular flexibility index (Phi) is 32.6. The summed E-state index contributed by atoms with van der Waals surface area (Å²) in [6, 6.07) is 0. The van der Waals surface area contributed by atoms with Gasteiger partial charge in [0.1, 0.15) is 6.17 Å². The Morgan fingerprint density at radius 1 is 0.289 bits per heavy atom. The maximum absolute atomic E-state index is 2.73. The zero-order valence-corrected chi connectivity index (χ0v) is 31.8. The van der Waals surface area contributed by atoms with E-state index >= 15 is 0 Å². The number of rotatable bonds is 37. The summed E-state index contributed by atoms with van der Waals surface area (Å²) in [5.41, 5.74) is 0. The van der Waals surface area contributed by atoms with Crippen LogP contribution in [-0.2, 0) is 0 Å². The number of hydrogen-bond acceptors (Lipinski definition) is 2. The van der Waals surface area contributed by atoms with Crippen LogP contribution in [0.15, 0.2) is 12.4 Å². The fourth-order valence-corrected chi connectivity index (χ4v) is 7.42. The molecule has 0 aromatic rings. The first-order valence-electron chi connectivity index (χ1n) is 21.5. The maximum atomic E-state index is 2.73. The first-order valence-corrected chi connectivity index (χ1v) is 21.5. The zero-order chi connectivity index (χ0) is 32.3. The Labute approximate surface area is 286 Å². The van der Waals surface area contributed by atoms with Gasteiger partial charge in [-0.3, -0.25) is 0 Å². The lowest BCUT2D eigenvalue weighted by molar-refractivity contribution is 0.135. The van der Waals surface area contributed by atoms with Gasteiger partial charge in [-0.2, -0.15) is 0 Å². The van der Waals surface area contributed by atoms with E-state index in [1.807, 2.05) is 0 Å². The molecular formula is C43H86N2. The van der Waals surface area contributed by atoms with Crippen molar-refractivity contribution < 1.29 is 0 Å². The van der Waals surface area contributed by atoms with Gasteiger partial charge in [0.05, 0.1) is 0 Å². The van der Waals surface area contributed by atoms with Crippen LogP contribution < -0.4 is 0 Å². The minimum Gasteiger partial charge on any atom is -0.356 e. The van der Waals surface area contributed by atoms with Gasteiger partial charge in [-0.15, -0.1) is 0 Å². The minimum absolute atomic E-state index is 0.638. The molecule has 2 nitrogen and oxygen atoms in total. The molecule has 0 bridgehead atoms. The molecule has 0 aromatic heterocycles. The molecule has 0 aliphatic carbocycles. The van der Waals surface area contributed by atoms with Gasteiger partial charge < -0.3 is 9.80 Å². The molecule has 0 spiro atoms. The lowest BCUT2D eigenvalue weighted by Crippen LogP contribution is -2.39. The smallest absolute Gasteiger partial charge is 0.101 e.